The van der Waals surface area contributed by atoms with Crippen LogP contribution in [0.5, 0.6) is 0 Å². The third kappa shape index (κ3) is 2.52. The van der Waals surface area contributed by atoms with Crippen LogP contribution in [0.1, 0.15) is 21.5 Å². The molecule has 100 valence electrons. The van der Waals surface area contributed by atoms with Crippen molar-refractivity contribution in [1.82, 2.24) is 19.4 Å². The van der Waals surface area contributed by atoms with Gasteiger partial charge in [-0.25, -0.2) is 9.97 Å². The van der Waals surface area contributed by atoms with E-state index in [-0.39, 0.29) is 11.9 Å². The van der Waals surface area contributed by atoms with Gasteiger partial charge in [-0.1, -0.05) is 0 Å². The highest BCUT2D eigenvalue weighted by atomic mass is 32.2. The highest BCUT2D eigenvalue weighted by molar-refractivity contribution is 7.99. The quantitative estimate of drug-likeness (QED) is 0.847. The predicted octanol–water partition coefficient (Wildman–Crippen LogP) is 1.81. The summed E-state index contributed by atoms with van der Waals surface area (Å²) in [6, 6.07) is 0.0771. The fourth-order valence-corrected chi connectivity index (χ4v) is 4.03. The molecule has 0 aliphatic carbocycles. The first-order chi connectivity index (χ1) is 9.25. The van der Waals surface area contributed by atoms with Gasteiger partial charge < -0.3 is 9.47 Å². The first-order valence-corrected chi connectivity index (χ1v) is 8.05. The molecule has 0 radical (unpaired) electrons. The topological polar surface area (TPSA) is 51.0 Å². The lowest BCUT2D eigenvalue weighted by molar-refractivity contribution is 0.0695. The third-order valence-electron chi connectivity index (χ3n) is 3.05. The molecule has 7 heteroatoms. The molecule has 3 heterocycles. The van der Waals surface area contributed by atoms with Crippen molar-refractivity contribution in [2.24, 2.45) is 7.05 Å². The monoisotopic (exact) mass is 294 g/mol. The number of aromatic nitrogens is 3. The van der Waals surface area contributed by atoms with E-state index in [0.29, 0.717) is 5.69 Å². The molecule has 0 spiro atoms. The lowest BCUT2D eigenvalue weighted by Crippen LogP contribution is -2.40. The Balaban J connectivity index is 1.86. The number of hydrogen-bond acceptors (Lipinski definition) is 5. The van der Waals surface area contributed by atoms with E-state index in [1.807, 2.05) is 29.1 Å². The van der Waals surface area contributed by atoms with Gasteiger partial charge in [-0.2, -0.15) is 11.8 Å². The standard InChI is InChI=1S/C12H14N4OS2/c1-15-6-9(14-8-15)12(17)16-3-5-18-7-10(16)11-13-2-4-19-11/h2,4,6,8,10H,3,5,7H2,1H3. The maximum Gasteiger partial charge on any atom is 0.274 e. The van der Waals surface area contributed by atoms with Crippen molar-refractivity contribution in [3.8, 4) is 0 Å². The lowest BCUT2D eigenvalue weighted by atomic mass is 10.2. The molecule has 19 heavy (non-hydrogen) atoms. The minimum absolute atomic E-state index is 0.00102. The average Bonchev–Trinajstić information content (AvgIpc) is 3.09. The second-order valence-electron chi connectivity index (χ2n) is 4.38. The minimum Gasteiger partial charge on any atom is -0.340 e. The van der Waals surface area contributed by atoms with E-state index in [2.05, 4.69) is 9.97 Å². The smallest absolute Gasteiger partial charge is 0.274 e. The van der Waals surface area contributed by atoms with E-state index in [0.717, 1.165) is 23.1 Å². The predicted molar refractivity (Wildman–Crippen MR) is 76.4 cm³/mol. The van der Waals surface area contributed by atoms with Crippen LogP contribution < -0.4 is 0 Å². The molecule has 1 atom stereocenters. The summed E-state index contributed by atoms with van der Waals surface area (Å²) in [6.45, 7) is 0.754. The number of aryl methyl sites for hydroxylation is 1. The Labute approximate surface area is 119 Å². The highest BCUT2D eigenvalue weighted by Crippen LogP contribution is 2.31. The third-order valence-corrected chi connectivity index (χ3v) is 4.95. The lowest BCUT2D eigenvalue weighted by Gasteiger charge is -2.33. The molecule has 3 rings (SSSR count). The number of nitrogens with zero attached hydrogens (tertiary/aromatic N) is 4. The second-order valence-corrected chi connectivity index (χ2v) is 6.46. The van der Waals surface area contributed by atoms with Crippen LogP contribution in [0.2, 0.25) is 0 Å². The van der Waals surface area contributed by atoms with Gasteiger partial charge in [-0.05, 0) is 0 Å². The maximum absolute atomic E-state index is 12.5. The molecule has 1 unspecified atom stereocenters. The van der Waals surface area contributed by atoms with Gasteiger partial charge in [0.05, 0.1) is 12.4 Å². The molecule has 1 fully saturated rings. The second kappa shape index (κ2) is 5.34. The van der Waals surface area contributed by atoms with Crippen molar-refractivity contribution in [2.45, 2.75) is 6.04 Å². The van der Waals surface area contributed by atoms with Crippen molar-refractivity contribution < 1.29 is 4.79 Å². The van der Waals surface area contributed by atoms with Gasteiger partial charge in [-0.15, -0.1) is 11.3 Å². The van der Waals surface area contributed by atoms with Crippen molar-refractivity contribution in [2.75, 3.05) is 18.1 Å². The number of carbonyl (C=O) groups excluding carboxylic acids is 1. The summed E-state index contributed by atoms with van der Waals surface area (Å²) in [6.07, 6.45) is 5.22. The first kappa shape index (κ1) is 12.7. The Kier molecular flexibility index (Phi) is 3.56. The van der Waals surface area contributed by atoms with Crippen molar-refractivity contribution in [1.29, 1.82) is 0 Å². The van der Waals surface area contributed by atoms with E-state index in [1.54, 1.807) is 34.6 Å². The van der Waals surface area contributed by atoms with Gasteiger partial charge in [0.25, 0.3) is 5.91 Å². The molecule has 1 saturated heterocycles. The van der Waals surface area contributed by atoms with Crippen LogP contribution >= 0.6 is 23.1 Å². The summed E-state index contributed by atoms with van der Waals surface area (Å²) in [5, 5.41) is 2.97. The Morgan fingerprint density at radius 2 is 2.37 bits per heavy atom. The van der Waals surface area contributed by atoms with E-state index < -0.39 is 0 Å². The fraction of sp³-hybridized carbons (Fsp3) is 0.417. The summed E-state index contributed by atoms with van der Waals surface area (Å²) >= 11 is 3.48. The summed E-state index contributed by atoms with van der Waals surface area (Å²) in [5.74, 6) is 1.88. The zero-order valence-electron chi connectivity index (χ0n) is 10.5. The molecule has 1 aliphatic heterocycles. The van der Waals surface area contributed by atoms with E-state index in [1.165, 1.54) is 0 Å². The van der Waals surface area contributed by atoms with Crippen LogP contribution in [0.3, 0.4) is 0 Å². The minimum atomic E-state index is 0.00102. The molecule has 0 saturated carbocycles. The zero-order chi connectivity index (χ0) is 13.2. The van der Waals surface area contributed by atoms with Crippen molar-refractivity contribution >= 4 is 29.0 Å². The molecule has 0 N–H and O–H groups in total. The summed E-state index contributed by atoms with van der Waals surface area (Å²) < 4.78 is 1.80. The van der Waals surface area contributed by atoms with Crippen LogP contribution in [0.4, 0.5) is 0 Å². The molecule has 2 aromatic rings. The molecular weight excluding hydrogens is 280 g/mol. The van der Waals surface area contributed by atoms with Gasteiger partial charge in [0.2, 0.25) is 0 Å². The number of carbonyl (C=O) groups is 1. The fourth-order valence-electron chi connectivity index (χ4n) is 2.12. The summed E-state index contributed by atoms with van der Waals surface area (Å²) in [7, 11) is 1.87. The maximum atomic E-state index is 12.5. The number of amides is 1. The van der Waals surface area contributed by atoms with Gasteiger partial charge in [0.1, 0.15) is 10.7 Å². The normalized spacial score (nSPS) is 19.6. The van der Waals surface area contributed by atoms with Crippen LogP contribution in [-0.2, 0) is 7.05 Å². The Hall–Kier alpha value is -1.34. The summed E-state index contributed by atoms with van der Waals surface area (Å²) in [5.41, 5.74) is 0.510. The summed E-state index contributed by atoms with van der Waals surface area (Å²) in [4.78, 5) is 22.9. The van der Waals surface area contributed by atoms with Gasteiger partial charge >= 0.3 is 0 Å². The Bertz CT molecular complexity index is 566. The zero-order valence-corrected chi connectivity index (χ0v) is 12.2. The SMILES string of the molecule is Cn1cnc(C(=O)N2CCSCC2c2nccs2)c1. The number of rotatable bonds is 2. The molecule has 0 bridgehead atoms. The molecule has 5 nitrogen and oxygen atoms in total. The Morgan fingerprint density at radius 3 is 3.05 bits per heavy atom. The molecule has 0 aromatic carbocycles. The molecule has 2 aromatic heterocycles. The van der Waals surface area contributed by atoms with Crippen molar-refractivity contribution in [3.63, 3.8) is 0 Å². The van der Waals surface area contributed by atoms with E-state index >= 15 is 0 Å². The van der Waals surface area contributed by atoms with Crippen LogP contribution in [-0.4, -0.2) is 43.4 Å². The number of imidazole rings is 1. The van der Waals surface area contributed by atoms with Gasteiger partial charge in [0.15, 0.2) is 0 Å². The molecule has 1 amide bonds. The van der Waals surface area contributed by atoms with Crippen LogP contribution in [0, 0.1) is 0 Å². The first-order valence-electron chi connectivity index (χ1n) is 6.02. The van der Waals surface area contributed by atoms with Crippen LogP contribution in [0.15, 0.2) is 24.1 Å². The van der Waals surface area contributed by atoms with Gasteiger partial charge in [-0.3, -0.25) is 4.79 Å². The largest absolute Gasteiger partial charge is 0.340 e. The average molecular weight is 294 g/mol. The Morgan fingerprint density at radius 1 is 1.47 bits per heavy atom. The number of thiazole rings is 1. The van der Waals surface area contributed by atoms with Crippen molar-refractivity contribution in [3.05, 3.63) is 34.8 Å². The van der Waals surface area contributed by atoms with E-state index in [9.17, 15) is 4.79 Å². The van der Waals surface area contributed by atoms with Gasteiger partial charge in [0, 0.05) is 42.9 Å². The number of hydrogen-bond donors (Lipinski definition) is 0. The van der Waals surface area contributed by atoms with E-state index in [4.69, 9.17) is 0 Å². The number of thioether (sulfide) groups is 1. The molecule has 1 aliphatic rings. The highest BCUT2D eigenvalue weighted by Gasteiger charge is 2.31. The molecular formula is C12H14N4OS2. The van der Waals surface area contributed by atoms with Crippen LogP contribution in [0.25, 0.3) is 0 Å².